The highest BCUT2D eigenvalue weighted by Crippen LogP contribution is 2.43. The van der Waals surface area contributed by atoms with E-state index in [0.717, 1.165) is 25.0 Å². The van der Waals surface area contributed by atoms with E-state index in [1.807, 2.05) is 4.68 Å². The maximum Gasteiger partial charge on any atom is 0.341 e. The summed E-state index contributed by atoms with van der Waals surface area (Å²) < 4.78 is 7.13. The summed E-state index contributed by atoms with van der Waals surface area (Å²) in [6.07, 6.45) is 4.84. The minimum Gasteiger partial charge on any atom is -0.482 e. The Labute approximate surface area is 158 Å². The zero-order valence-electron chi connectivity index (χ0n) is 15.9. The molecule has 1 unspecified atom stereocenters. The second-order valence-electron chi connectivity index (χ2n) is 6.96. The van der Waals surface area contributed by atoms with Crippen LogP contribution in [-0.4, -0.2) is 40.4 Å². The number of aromatic nitrogens is 2. The van der Waals surface area contributed by atoms with Crippen LogP contribution in [0.2, 0.25) is 0 Å². The number of ether oxygens (including phenoxy) is 1. The maximum absolute atomic E-state index is 13.1. The third kappa shape index (κ3) is 4.13. The van der Waals surface area contributed by atoms with Gasteiger partial charge >= 0.3 is 5.97 Å². The quantitative estimate of drug-likeness (QED) is 0.768. The lowest BCUT2D eigenvalue weighted by Crippen LogP contribution is -2.27. The van der Waals surface area contributed by atoms with Crippen molar-refractivity contribution in [3.05, 3.63) is 41.7 Å². The van der Waals surface area contributed by atoms with Crippen molar-refractivity contribution in [3.63, 3.8) is 0 Å². The predicted octanol–water partition coefficient (Wildman–Crippen LogP) is 3.47. The van der Waals surface area contributed by atoms with Crippen molar-refractivity contribution >= 4 is 17.6 Å². The number of carboxylic acids is 1. The Bertz CT molecular complexity index is 824. The Balaban J connectivity index is 1.79. The third-order valence-electron chi connectivity index (χ3n) is 4.93. The summed E-state index contributed by atoms with van der Waals surface area (Å²) in [5.41, 5.74) is 2.41. The van der Waals surface area contributed by atoms with Crippen LogP contribution in [0.15, 0.2) is 30.5 Å². The van der Waals surface area contributed by atoms with E-state index in [9.17, 15) is 9.59 Å². The van der Waals surface area contributed by atoms with Crippen molar-refractivity contribution in [2.75, 3.05) is 18.6 Å². The summed E-state index contributed by atoms with van der Waals surface area (Å²) in [6.45, 7) is 3.84. The fourth-order valence-corrected chi connectivity index (χ4v) is 3.03. The lowest BCUT2D eigenvalue weighted by atomic mass is 10.1. The number of carbonyl (C=O) groups excluding carboxylic acids is 1. The number of anilines is 1. The van der Waals surface area contributed by atoms with Crippen molar-refractivity contribution in [1.29, 1.82) is 0 Å². The largest absolute Gasteiger partial charge is 0.482 e. The number of carbonyl (C=O) groups is 2. The normalized spacial score (nSPS) is 14.6. The smallest absolute Gasteiger partial charge is 0.341 e. The lowest BCUT2D eigenvalue weighted by molar-refractivity contribution is -0.139. The molecule has 7 heteroatoms. The molecule has 144 valence electrons. The van der Waals surface area contributed by atoms with E-state index in [1.54, 1.807) is 42.4 Å². The molecule has 1 aromatic heterocycles. The van der Waals surface area contributed by atoms with Gasteiger partial charge in [0.15, 0.2) is 6.61 Å². The molecule has 1 N–H and O–H groups in total. The lowest BCUT2D eigenvalue weighted by Gasteiger charge is -2.19. The van der Waals surface area contributed by atoms with Crippen LogP contribution in [0.3, 0.4) is 0 Å². The Kier molecular flexibility index (Phi) is 5.48. The highest BCUT2D eigenvalue weighted by molar-refractivity contribution is 6.06. The van der Waals surface area contributed by atoms with Crippen LogP contribution in [-0.2, 0) is 4.79 Å². The van der Waals surface area contributed by atoms with Gasteiger partial charge in [-0.05, 0) is 50.5 Å². The van der Waals surface area contributed by atoms with Gasteiger partial charge < -0.3 is 14.7 Å². The van der Waals surface area contributed by atoms with E-state index < -0.39 is 12.6 Å². The second-order valence-corrected chi connectivity index (χ2v) is 6.96. The molecule has 2 aromatic rings. The number of carboxylic acid groups (broad SMARTS) is 1. The van der Waals surface area contributed by atoms with Crippen LogP contribution in [0.4, 0.5) is 5.69 Å². The van der Waals surface area contributed by atoms with Gasteiger partial charge in [-0.1, -0.05) is 6.92 Å². The molecule has 0 aliphatic heterocycles. The second kappa shape index (κ2) is 7.82. The molecule has 7 nitrogen and oxygen atoms in total. The molecule has 1 heterocycles. The van der Waals surface area contributed by atoms with Gasteiger partial charge in [-0.25, -0.2) is 4.79 Å². The highest BCUT2D eigenvalue weighted by atomic mass is 16.5. The molecule has 1 saturated carbocycles. The van der Waals surface area contributed by atoms with Crippen LogP contribution >= 0.6 is 0 Å². The number of hydrogen-bond acceptors (Lipinski definition) is 4. The predicted molar refractivity (Wildman–Crippen MR) is 102 cm³/mol. The number of aliphatic carboxylic acids is 1. The molecule has 1 aromatic carbocycles. The molecule has 0 radical (unpaired) electrons. The van der Waals surface area contributed by atoms with Crippen LogP contribution in [0.25, 0.3) is 0 Å². The molecule has 0 bridgehead atoms. The molecular weight excluding hydrogens is 346 g/mol. The van der Waals surface area contributed by atoms with Gasteiger partial charge in [0, 0.05) is 24.7 Å². The van der Waals surface area contributed by atoms with Crippen molar-refractivity contribution in [3.8, 4) is 5.75 Å². The molecule has 0 saturated heterocycles. The first-order chi connectivity index (χ1) is 12.9. The fourth-order valence-electron chi connectivity index (χ4n) is 3.03. The Hall–Kier alpha value is -2.83. The Morgan fingerprint density at radius 2 is 2.00 bits per heavy atom. The number of nitrogens with zero attached hydrogens (tertiary/aromatic N) is 3. The first-order valence-corrected chi connectivity index (χ1v) is 9.22. The van der Waals surface area contributed by atoms with Gasteiger partial charge in [-0.15, -0.1) is 0 Å². The summed E-state index contributed by atoms with van der Waals surface area (Å²) >= 11 is 0. The van der Waals surface area contributed by atoms with Crippen LogP contribution in [0, 0.1) is 0 Å². The van der Waals surface area contributed by atoms with Crippen LogP contribution < -0.4 is 9.64 Å². The van der Waals surface area contributed by atoms with Crippen molar-refractivity contribution in [2.24, 2.45) is 0 Å². The zero-order chi connectivity index (χ0) is 19.6. The Morgan fingerprint density at radius 1 is 1.33 bits per heavy atom. The summed E-state index contributed by atoms with van der Waals surface area (Å²) in [5, 5.41) is 13.2. The molecule has 1 fully saturated rings. The summed E-state index contributed by atoms with van der Waals surface area (Å²) in [5.74, 6) is -0.256. The van der Waals surface area contributed by atoms with Crippen molar-refractivity contribution in [2.45, 2.75) is 45.1 Å². The fraction of sp³-hybridized carbons (Fsp3) is 0.450. The summed E-state index contributed by atoms with van der Waals surface area (Å²) in [4.78, 5) is 25.2. The SMILES string of the molecule is CCC(C)n1ncc(C(=O)N(C)c2ccc(OCC(=O)O)cc2)c1C1CC1. The molecule has 1 aliphatic rings. The third-order valence-corrected chi connectivity index (χ3v) is 4.93. The first kappa shape index (κ1) is 18.9. The van der Waals surface area contributed by atoms with Crippen LogP contribution in [0.1, 0.15) is 61.1 Å². The van der Waals surface area contributed by atoms with Gasteiger partial charge in [0.25, 0.3) is 5.91 Å². The molecule has 0 spiro atoms. The summed E-state index contributed by atoms with van der Waals surface area (Å²) in [7, 11) is 1.73. The standard InChI is InChI=1S/C20H25N3O4/c1-4-13(2)23-19(14-5-6-14)17(11-21-23)20(26)22(3)15-7-9-16(10-8-15)27-12-18(24)25/h7-11,13-14H,4-6,12H2,1-3H3,(H,24,25). The molecule has 27 heavy (non-hydrogen) atoms. The van der Waals surface area contributed by atoms with E-state index in [4.69, 9.17) is 9.84 Å². The molecule has 1 atom stereocenters. The van der Waals surface area contributed by atoms with Gasteiger partial charge in [0.2, 0.25) is 0 Å². The highest BCUT2D eigenvalue weighted by Gasteiger charge is 2.34. The molecule has 1 amide bonds. The van der Waals surface area contributed by atoms with Gasteiger partial charge in [0.05, 0.1) is 17.5 Å². The zero-order valence-corrected chi connectivity index (χ0v) is 15.9. The van der Waals surface area contributed by atoms with E-state index in [2.05, 4.69) is 18.9 Å². The Morgan fingerprint density at radius 3 is 2.56 bits per heavy atom. The van der Waals surface area contributed by atoms with E-state index in [0.29, 0.717) is 22.9 Å². The number of rotatable bonds is 8. The number of benzene rings is 1. The van der Waals surface area contributed by atoms with Crippen molar-refractivity contribution in [1.82, 2.24) is 9.78 Å². The maximum atomic E-state index is 13.1. The molecule has 1 aliphatic carbocycles. The summed E-state index contributed by atoms with van der Waals surface area (Å²) in [6, 6.07) is 7.06. The number of amides is 1. The molecule has 3 rings (SSSR count). The average molecular weight is 371 g/mol. The number of hydrogen-bond donors (Lipinski definition) is 1. The van der Waals surface area contributed by atoms with E-state index in [-0.39, 0.29) is 11.9 Å². The van der Waals surface area contributed by atoms with Gasteiger partial charge in [-0.3, -0.25) is 9.48 Å². The monoisotopic (exact) mass is 371 g/mol. The van der Waals surface area contributed by atoms with Crippen molar-refractivity contribution < 1.29 is 19.4 Å². The van der Waals surface area contributed by atoms with E-state index >= 15 is 0 Å². The van der Waals surface area contributed by atoms with E-state index in [1.165, 1.54) is 0 Å². The van der Waals surface area contributed by atoms with Gasteiger partial charge in [0.1, 0.15) is 5.75 Å². The average Bonchev–Trinajstić information content (AvgIpc) is 3.42. The topological polar surface area (TPSA) is 84.7 Å². The first-order valence-electron chi connectivity index (χ1n) is 9.22. The minimum atomic E-state index is -1.03. The van der Waals surface area contributed by atoms with Gasteiger partial charge in [-0.2, -0.15) is 5.10 Å². The van der Waals surface area contributed by atoms with Crippen LogP contribution in [0.5, 0.6) is 5.75 Å². The molecular formula is C20H25N3O4. The minimum absolute atomic E-state index is 0.0920.